The van der Waals surface area contributed by atoms with Crippen molar-refractivity contribution >= 4 is 34.8 Å². The van der Waals surface area contributed by atoms with Gasteiger partial charge in [-0.3, -0.25) is 9.59 Å². The molecule has 0 fully saturated rings. The molecule has 2 aromatic rings. The maximum atomic E-state index is 12.2. The van der Waals surface area contributed by atoms with Gasteiger partial charge in [-0.2, -0.15) is 0 Å². The molecule has 0 saturated carbocycles. The summed E-state index contributed by atoms with van der Waals surface area (Å²) in [5, 5.41) is 5.94. The van der Waals surface area contributed by atoms with Gasteiger partial charge >= 0.3 is 0 Å². The Kier molecular flexibility index (Phi) is 5.17. The van der Waals surface area contributed by atoms with E-state index in [1.807, 2.05) is 31.2 Å². The molecule has 0 aliphatic heterocycles. The molecule has 22 heavy (non-hydrogen) atoms. The molecule has 0 aliphatic rings. The lowest BCUT2D eigenvalue weighted by Crippen LogP contribution is -2.17. The minimum absolute atomic E-state index is 0.167. The average Bonchev–Trinajstić information content (AvgIpc) is 2.41. The summed E-state index contributed by atoms with van der Waals surface area (Å²) in [5.41, 5.74) is 3.04. The van der Waals surface area contributed by atoms with Crippen LogP contribution >= 0.6 is 11.6 Å². The van der Waals surface area contributed by atoms with Crippen molar-refractivity contribution in [1.29, 1.82) is 0 Å². The zero-order valence-electron chi connectivity index (χ0n) is 12.4. The predicted molar refractivity (Wildman–Crippen MR) is 89.3 cm³/mol. The van der Waals surface area contributed by atoms with Crippen molar-refractivity contribution in [1.82, 2.24) is 0 Å². The molecule has 0 saturated heterocycles. The second-order valence-corrected chi connectivity index (χ2v) is 5.52. The summed E-state index contributed by atoms with van der Waals surface area (Å²) in [4.78, 5) is 23.4. The first kappa shape index (κ1) is 16.0. The van der Waals surface area contributed by atoms with Crippen LogP contribution in [-0.2, 0) is 16.0 Å². The van der Waals surface area contributed by atoms with Gasteiger partial charge in [0, 0.05) is 11.9 Å². The lowest BCUT2D eigenvalue weighted by atomic mass is 10.1. The third kappa shape index (κ3) is 4.60. The van der Waals surface area contributed by atoms with Crippen LogP contribution in [0.4, 0.5) is 11.4 Å². The van der Waals surface area contributed by atoms with Gasteiger partial charge in [0.25, 0.3) is 0 Å². The van der Waals surface area contributed by atoms with E-state index in [2.05, 4.69) is 10.6 Å². The van der Waals surface area contributed by atoms with E-state index in [0.29, 0.717) is 16.4 Å². The van der Waals surface area contributed by atoms with Crippen LogP contribution in [0.15, 0.2) is 42.5 Å². The van der Waals surface area contributed by atoms with Crippen LogP contribution in [0.5, 0.6) is 0 Å². The molecule has 0 aliphatic carbocycles. The molecule has 2 amide bonds. The molecule has 0 bridgehead atoms. The van der Waals surface area contributed by atoms with Crippen LogP contribution in [0.3, 0.4) is 0 Å². The van der Waals surface area contributed by atoms with Gasteiger partial charge in [-0.25, -0.2) is 0 Å². The van der Waals surface area contributed by atoms with Gasteiger partial charge in [-0.1, -0.05) is 41.4 Å². The number of carbonyl (C=O) groups is 2. The maximum absolute atomic E-state index is 12.2. The van der Waals surface area contributed by atoms with Crippen molar-refractivity contribution in [2.75, 3.05) is 10.6 Å². The number of halogens is 1. The number of benzene rings is 2. The van der Waals surface area contributed by atoms with Crippen LogP contribution in [0, 0.1) is 6.92 Å². The fourth-order valence-corrected chi connectivity index (χ4v) is 2.29. The molecule has 0 unspecified atom stereocenters. The molecular weight excluding hydrogens is 300 g/mol. The van der Waals surface area contributed by atoms with Crippen LogP contribution in [0.25, 0.3) is 0 Å². The molecule has 0 heterocycles. The molecule has 0 radical (unpaired) electrons. The van der Waals surface area contributed by atoms with E-state index in [9.17, 15) is 9.59 Å². The van der Waals surface area contributed by atoms with Gasteiger partial charge in [0.15, 0.2) is 0 Å². The number of rotatable bonds is 4. The SMILES string of the molecule is CC(=O)Nc1ccc(Cl)cc1NC(=O)Cc1cccc(C)c1. The number of nitrogens with one attached hydrogen (secondary N) is 2. The number of anilines is 2. The predicted octanol–water partition coefficient (Wildman–Crippen LogP) is 3.79. The zero-order valence-corrected chi connectivity index (χ0v) is 13.2. The topological polar surface area (TPSA) is 58.2 Å². The van der Waals surface area contributed by atoms with Gasteiger partial charge < -0.3 is 10.6 Å². The van der Waals surface area contributed by atoms with Crippen LogP contribution in [0.2, 0.25) is 5.02 Å². The summed E-state index contributed by atoms with van der Waals surface area (Å²) in [7, 11) is 0. The van der Waals surface area contributed by atoms with E-state index in [1.54, 1.807) is 18.2 Å². The molecule has 5 heteroatoms. The van der Waals surface area contributed by atoms with E-state index in [1.165, 1.54) is 6.92 Å². The highest BCUT2D eigenvalue weighted by Crippen LogP contribution is 2.26. The van der Waals surface area contributed by atoms with E-state index >= 15 is 0 Å². The van der Waals surface area contributed by atoms with Gasteiger partial charge in [0.05, 0.1) is 17.8 Å². The van der Waals surface area contributed by atoms with Gasteiger partial charge in [-0.15, -0.1) is 0 Å². The number of carbonyl (C=O) groups excluding carboxylic acids is 2. The highest BCUT2D eigenvalue weighted by Gasteiger charge is 2.10. The third-order valence-electron chi connectivity index (χ3n) is 3.01. The van der Waals surface area contributed by atoms with Crippen molar-refractivity contribution < 1.29 is 9.59 Å². The second-order valence-electron chi connectivity index (χ2n) is 5.09. The summed E-state index contributed by atoms with van der Waals surface area (Å²) < 4.78 is 0. The molecule has 2 rings (SSSR count). The Labute approximate surface area is 134 Å². The first-order chi connectivity index (χ1) is 10.4. The molecule has 114 valence electrons. The molecule has 2 aromatic carbocycles. The van der Waals surface area contributed by atoms with Crippen molar-refractivity contribution in [3.8, 4) is 0 Å². The van der Waals surface area contributed by atoms with Gasteiger partial charge in [0.1, 0.15) is 0 Å². The van der Waals surface area contributed by atoms with Crippen molar-refractivity contribution in [2.45, 2.75) is 20.3 Å². The number of aryl methyl sites for hydroxylation is 1. The van der Waals surface area contributed by atoms with Crippen LogP contribution in [-0.4, -0.2) is 11.8 Å². The summed E-state index contributed by atoms with van der Waals surface area (Å²) in [6.07, 6.45) is 0.258. The minimum Gasteiger partial charge on any atom is -0.325 e. The highest BCUT2D eigenvalue weighted by molar-refractivity contribution is 6.31. The summed E-state index contributed by atoms with van der Waals surface area (Å²) in [6, 6.07) is 12.7. The normalized spacial score (nSPS) is 10.1. The second kappa shape index (κ2) is 7.09. The first-order valence-electron chi connectivity index (χ1n) is 6.86. The number of hydrogen-bond donors (Lipinski definition) is 2. The average molecular weight is 317 g/mol. The quantitative estimate of drug-likeness (QED) is 0.901. The molecule has 2 N–H and O–H groups in total. The summed E-state index contributed by atoms with van der Waals surface area (Å²) in [6.45, 7) is 3.39. The Hall–Kier alpha value is -2.33. The Bertz CT molecular complexity index is 714. The fraction of sp³-hybridized carbons (Fsp3) is 0.176. The Balaban J connectivity index is 2.13. The van der Waals surface area contributed by atoms with Gasteiger partial charge in [0.2, 0.25) is 11.8 Å². The van der Waals surface area contributed by atoms with Crippen molar-refractivity contribution in [3.05, 3.63) is 58.6 Å². The van der Waals surface area contributed by atoms with E-state index in [-0.39, 0.29) is 18.2 Å². The fourth-order valence-electron chi connectivity index (χ4n) is 2.12. The van der Waals surface area contributed by atoms with E-state index in [4.69, 9.17) is 11.6 Å². The number of hydrogen-bond acceptors (Lipinski definition) is 2. The monoisotopic (exact) mass is 316 g/mol. The largest absolute Gasteiger partial charge is 0.325 e. The standard InChI is InChI=1S/C17H17ClN2O2/c1-11-4-3-5-13(8-11)9-17(22)20-16-10-14(18)6-7-15(16)19-12(2)21/h3-8,10H,9H2,1-2H3,(H,19,21)(H,20,22). The van der Waals surface area contributed by atoms with Crippen LogP contribution in [0.1, 0.15) is 18.1 Å². The molecule has 0 atom stereocenters. The molecule has 0 spiro atoms. The molecule has 4 nitrogen and oxygen atoms in total. The zero-order chi connectivity index (χ0) is 16.1. The third-order valence-corrected chi connectivity index (χ3v) is 3.25. The lowest BCUT2D eigenvalue weighted by Gasteiger charge is -2.12. The first-order valence-corrected chi connectivity index (χ1v) is 7.24. The summed E-state index contributed by atoms with van der Waals surface area (Å²) >= 11 is 5.95. The van der Waals surface area contributed by atoms with Gasteiger partial charge in [-0.05, 0) is 30.7 Å². The highest BCUT2D eigenvalue weighted by atomic mass is 35.5. The molecule has 0 aromatic heterocycles. The smallest absolute Gasteiger partial charge is 0.228 e. The maximum Gasteiger partial charge on any atom is 0.228 e. The van der Waals surface area contributed by atoms with Crippen molar-refractivity contribution in [2.24, 2.45) is 0 Å². The van der Waals surface area contributed by atoms with Crippen LogP contribution < -0.4 is 10.6 Å². The van der Waals surface area contributed by atoms with Crippen molar-refractivity contribution in [3.63, 3.8) is 0 Å². The number of amides is 2. The lowest BCUT2D eigenvalue weighted by molar-refractivity contribution is -0.116. The molecular formula is C17H17ClN2O2. The van der Waals surface area contributed by atoms with E-state index < -0.39 is 0 Å². The van der Waals surface area contributed by atoms with E-state index in [0.717, 1.165) is 11.1 Å². The summed E-state index contributed by atoms with van der Waals surface area (Å²) in [5.74, 6) is -0.379. The Morgan fingerprint density at radius 2 is 1.82 bits per heavy atom. The Morgan fingerprint density at radius 3 is 2.50 bits per heavy atom. The minimum atomic E-state index is -0.212. The Morgan fingerprint density at radius 1 is 1.05 bits per heavy atom.